The van der Waals surface area contributed by atoms with Crippen LogP contribution in [-0.2, 0) is 0 Å². The Balaban J connectivity index is 3.19. The Morgan fingerprint density at radius 1 is 1.00 bits per heavy atom. The first-order valence-electron chi connectivity index (χ1n) is 6.34. The molecule has 0 amide bonds. The molecule has 0 bridgehead atoms. The fraction of sp³-hybridized carbons (Fsp3) is 1.00. The van der Waals surface area contributed by atoms with Crippen molar-refractivity contribution in [2.45, 2.75) is 66.8 Å². The van der Waals surface area contributed by atoms with Gasteiger partial charge in [-0.1, -0.05) is 48.0 Å². The molecule has 0 saturated heterocycles. The summed E-state index contributed by atoms with van der Waals surface area (Å²) in [5.74, 6) is 0. The summed E-state index contributed by atoms with van der Waals surface area (Å²) in [4.78, 5) is 0. The van der Waals surface area contributed by atoms with Crippen molar-refractivity contribution in [3.8, 4) is 0 Å². The van der Waals surface area contributed by atoms with Crippen LogP contribution in [0.3, 0.4) is 0 Å². The predicted molar refractivity (Wildman–Crippen MR) is 68.0 cm³/mol. The molecule has 1 unspecified atom stereocenters. The Kier molecular flexibility index (Phi) is 3.27. The van der Waals surface area contributed by atoms with Crippen LogP contribution in [0.5, 0.6) is 0 Å². The molecule has 1 nitrogen and oxygen atoms in total. The van der Waals surface area contributed by atoms with Crippen LogP contribution in [0.1, 0.15) is 60.8 Å². The second kappa shape index (κ2) is 3.76. The minimum Gasteiger partial charge on any atom is -0.316 e. The summed E-state index contributed by atoms with van der Waals surface area (Å²) in [6, 6.07) is 0.678. The van der Waals surface area contributed by atoms with E-state index in [1.54, 1.807) is 0 Å². The molecule has 1 fully saturated rings. The molecule has 1 atom stereocenters. The van der Waals surface area contributed by atoms with Gasteiger partial charge in [-0.2, -0.15) is 0 Å². The summed E-state index contributed by atoms with van der Waals surface area (Å²) in [7, 11) is 2.13. The number of rotatable bonds is 1. The van der Waals surface area contributed by atoms with Crippen molar-refractivity contribution in [2.24, 2.45) is 16.2 Å². The molecule has 15 heavy (non-hydrogen) atoms. The van der Waals surface area contributed by atoms with Gasteiger partial charge in [0.05, 0.1) is 0 Å². The van der Waals surface area contributed by atoms with E-state index in [1.807, 2.05) is 0 Å². The smallest absolute Gasteiger partial charge is 0.0130 e. The highest BCUT2D eigenvalue weighted by Gasteiger charge is 2.56. The van der Waals surface area contributed by atoms with Gasteiger partial charge in [-0.05, 0) is 36.1 Å². The van der Waals surface area contributed by atoms with Crippen molar-refractivity contribution in [3.63, 3.8) is 0 Å². The summed E-state index contributed by atoms with van der Waals surface area (Å²) >= 11 is 0. The Labute approximate surface area is 96.0 Å². The van der Waals surface area contributed by atoms with Crippen LogP contribution >= 0.6 is 0 Å². The molecule has 90 valence electrons. The molecule has 0 heterocycles. The van der Waals surface area contributed by atoms with E-state index in [4.69, 9.17) is 0 Å². The van der Waals surface area contributed by atoms with E-state index in [2.05, 4.69) is 53.9 Å². The van der Waals surface area contributed by atoms with Gasteiger partial charge >= 0.3 is 0 Å². The van der Waals surface area contributed by atoms with Gasteiger partial charge in [-0.25, -0.2) is 0 Å². The number of hydrogen-bond donors (Lipinski definition) is 1. The Morgan fingerprint density at radius 2 is 1.47 bits per heavy atom. The lowest BCUT2D eigenvalue weighted by Crippen LogP contribution is -2.55. The third kappa shape index (κ3) is 1.84. The van der Waals surface area contributed by atoms with E-state index in [0.717, 1.165) is 0 Å². The largest absolute Gasteiger partial charge is 0.316 e. The third-order valence-corrected chi connectivity index (χ3v) is 4.68. The molecular weight excluding hydrogens is 182 g/mol. The summed E-state index contributed by atoms with van der Waals surface area (Å²) < 4.78 is 0. The molecule has 0 aromatic heterocycles. The Morgan fingerprint density at radius 3 is 1.73 bits per heavy atom. The maximum Gasteiger partial charge on any atom is 0.0130 e. The lowest BCUT2D eigenvalue weighted by atomic mass is 9.51. The van der Waals surface area contributed by atoms with Gasteiger partial charge < -0.3 is 5.32 Å². The predicted octanol–water partition coefficient (Wildman–Crippen LogP) is 3.84. The van der Waals surface area contributed by atoms with E-state index < -0.39 is 0 Å². The molecule has 1 aliphatic rings. The summed E-state index contributed by atoms with van der Waals surface area (Å²) in [5.41, 5.74) is 1.17. The minimum atomic E-state index is 0.370. The van der Waals surface area contributed by atoms with E-state index >= 15 is 0 Å². The van der Waals surface area contributed by atoms with E-state index in [9.17, 15) is 0 Å². The molecule has 1 aliphatic carbocycles. The van der Waals surface area contributed by atoms with Crippen LogP contribution in [0, 0.1) is 16.2 Å². The lowest BCUT2D eigenvalue weighted by molar-refractivity contribution is -0.0473. The second-order valence-corrected chi connectivity index (χ2v) is 7.20. The SMILES string of the molecule is CNC1CCCC1(C(C)(C)C)C(C)(C)C. The van der Waals surface area contributed by atoms with Gasteiger partial charge in [0.1, 0.15) is 0 Å². The van der Waals surface area contributed by atoms with E-state index in [-0.39, 0.29) is 0 Å². The first-order chi connectivity index (χ1) is 6.67. The lowest BCUT2D eigenvalue weighted by Gasteiger charge is -2.55. The van der Waals surface area contributed by atoms with Crippen LogP contribution in [0.2, 0.25) is 0 Å². The molecule has 0 radical (unpaired) electrons. The fourth-order valence-electron chi connectivity index (χ4n) is 4.32. The van der Waals surface area contributed by atoms with Crippen molar-refractivity contribution in [2.75, 3.05) is 7.05 Å². The fourth-order valence-corrected chi connectivity index (χ4v) is 4.32. The molecule has 0 aromatic carbocycles. The first kappa shape index (κ1) is 13.0. The Bertz CT molecular complexity index is 202. The second-order valence-electron chi connectivity index (χ2n) is 7.20. The molecule has 1 rings (SSSR count). The first-order valence-corrected chi connectivity index (χ1v) is 6.34. The van der Waals surface area contributed by atoms with Crippen LogP contribution < -0.4 is 5.32 Å². The van der Waals surface area contributed by atoms with Crippen molar-refractivity contribution >= 4 is 0 Å². The molecule has 1 saturated carbocycles. The minimum absolute atomic E-state index is 0.370. The van der Waals surface area contributed by atoms with E-state index in [0.29, 0.717) is 22.3 Å². The van der Waals surface area contributed by atoms with Gasteiger partial charge in [0.2, 0.25) is 0 Å². The van der Waals surface area contributed by atoms with Gasteiger partial charge in [-0.15, -0.1) is 0 Å². The standard InChI is InChI=1S/C14H29N/c1-12(2,3)14(13(4,5)6)10-8-9-11(14)15-7/h11,15H,8-10H2,1-7H3. The molecule has 0 aromatic rings. The van der Waals surface area contributed by atoms with Gasteiger partial charge in [-0.3, -0.25) is 0 Å². The van der Waals surface area contributed by atoms with Crippen LogP contribution in [0.25, 0.3) is 0 Å². The zero-order valence-electron chi connectivity index (χ0n) is 11.7. The average molecular weight is 211 g/mol. The maximum atomic E-state index is 3.57. The molecule has 1 heteroatoms. The highest BCUT2D eigenvalue weighted by atomic mass is 14.9. The van der Waals surface area contributed by atoms with Crippen molar-refractivity contribution in [3.05, 3.63) is 0 Å². The van der Waals surface area contributed by atoms with Crippen LogP contribution in [-0.4, -0.2) is 13.1 Å². The number of nitrogens with one attached hydrogen (secondary N) is 1. The van der Waals surface area contributed by atoms with Gasteiger partial charge in [0.15, 0.2) is 0 Å². The highest BCUT2D eigenvalue weighted by Crippen LogP contribution is 2.60. The normalized spacial score (nSPS) is 27.0. The molecule has 0 spiro atoms. The molecule has 1 N–H and O–H groups in total. The quantitative estimate of drug-likeness (QED) is 0.695. The summed E-state index contributed by atoms with van der Waals surface area (Å²) in [6.07, 6.45) is 4.08. The topological polar surface area (TPSA) is 12.0 Å². The maximum absolute atomic E-state index is 3.57. The third-order valence-electron chi connectivity index (χ3n) is 4.68. The number of hydrogen-bond acceptors (Lipinski definition) is 1. The zero-order valence-corrected chi connectivity index (χ0v) is 11.7. The van der Waals surface area contributed by atoms with Crippen molar-refractivity contribution in [1.29, 1.82) is 0 Å². The van der Waals surface area contributed by atoms with Gasteiger partial charge in [0, 0.05) is 6.04 Å². The summed E-state index contributed by atoms with van der Waals surface area (Å²) in [6.45, 7) is 14.5. The van der Waals surface area contributed by atoms with Crippen molar-refractivity contribution < 1.29 is 0 Å². The molecular formula is C14H29N. The summed E-state index contributed by atoms with van der Waals surface area (Å²) in [5, 5.41) is 3.57. The van der Waals surface area contributed by atoms with Gasteiger partial charge in [0.25, 0.3) is 0 Å². The Hall–Kier alpha value is -0.0400. The zero-order chi connectivity index (χ0) is 11.9. The van der Waals surface area contributed by atoms with E-state index in [1.165, 1.54) is 19.3 Å². The molecule has 0 aliphatic heterocycles. The van der Waals surface area contributed by atoms with Crippen LogP contribution in [0.4, 0.5) is 0 Å². The monoisotopic (exact) mass is 211 g/mol. The van der Waals surface area contributed by atoms with Crippen molar-refractivity contribution in [1.82, 2.24) is 5.32 Å². The average Bonchev–Trinajstić information content (AvgIpc) is 2.44. The van der Waals surface area contributed by atoms with Crippen LogP contribution in [0.15, 0.2) is 0 Å². The highest BCUT2D eigenvalue weighted by molar-refractivity contribution is 5.08.